The summed E-state index contributed by atoms with van der Waals surface area (Å²) in [6.45, 7) is 2.07. The fourth-order valence-electron chi connectivity index (χ4n) is 2.87. The molecule has 0 bridgehead atoms. The van der Waals surface area contributed by atoms with E-state index >= 15 is 0 Å². The zero-order chi connectivity index (χ0) is 14.7. The van der Waals surface area contributed by atoms with Crippen molar-refractivity contribution in [3.8, 4) is 11.5 Å². The van der Waals surface area contributed by atoms with Crippen molar-refractivity contribution in [2.24, 2.45) is 5.92 Å². The van der Waals surface area contributed by atoms with E-state index in [4.69, 9.17) is 9.47 Å². The average Bonchev–Trinajstić information content (AvgIpc) is 3.27. The minimum Gasteiger partial charge on any atom is -0.497 e. The Morgan fingerprint density at radius 2 is 2.05 bits per heavy atom. The van der Waals surface area contributed by atoms with Crippen LogP contribution in [0.1, 0.15) is 43.2 Å². The Morgan fingerprint density at radius 3 is 2.50 bits per heavy atom. The smallest absolute Gasteiger partial charge is 0.303 e. The number of carbonyl (C=O) groups is 1. The Hall–Kier alpha value is -1.71. The molecule has 110 valence electrons. The minimum atomic E-state index is -0.745. The monoisotopic (exact) mass is 278 g/mol. The van der Waals surface area contributed by atoms with Gasteiger partial charge in [-0.15, -0.1) is 0 Å². The molecule has 4 nitrogen and oxygen atoms in total. The highest BCUT2D eigenvalue weighted by Gasteiger charge is 2.35. The second-order valence-corrected chi connectivity index (χ2v) is 5.29. The van der Waals surface area contributed by atoms with E-state index in [0.717, 1.165) is 41.9 Å². The number of carboxylic acid groups (broad SMARTS) is 1. The van der Waals surface area contributed by atoms with Gasteiger partial charge >= 0.3 is 5.97 Å². The molecule has 0 aromatic heterocycles. The van der Waals surface area contributed by atoms with E-state index in [1.165, 1.54) is 0 Å². The lowest BCUT2D eigenvalue weighted by molar-refractivity contribution is -0.137. The van der Waals surface area contributed by atoms with Crippen molar-refractivity contribution >= 4 is 5.97 Å². The number of hydrogen-bond donors (Lipinski definition) is 1. The summed E-state index contributed by atoms with van der Waals surface area (Å²) in [4.78, 5) is 11.2. The van der Waals surface area contributed by atoms with Crippen molar-refractivity contribution in [1.82, 2.24) is 0 Å². The maximum atomic E-state index is 11.2. The molecule has 0 amide bonds. The van der Waals surface area contributed by atoms with E-state index in [1.54, 1.807) is 14.2 Å². The van der Waals surface area contributed by atoms with Gasteiger partial charge in [0.15, 0.2) is 0 Å². The summed E-state index contributed by atoms with van der Waals surface area (Å²) in [5.74, 6) is 1.31. The zero-order valence-corrected chi connectivity index (χ0v) is 12.3. The highest BCUT2D eigenvalue weighted by molar-refractivity contribution is 5.68. The van der Waals surface area contributed by atoms with E-state index in [0.29, 0.717) is 5.92 Å². The van der Waals surface area contributed by atoms with Crippen molar-refractivity contribution in [3.63, 3.8) is 0 Å². The largest absolute Gasteiger partial charge is 0.497 e. The second-order valence-electron chi connectivity index (χ2n) is 5.29. The van der Waals surface area contributed by atoms with Crippen LogP contribution in [0.5, 0.6) is 11.5 Å². The van der Waals surface area contributed by atoms with Crippen LogP contribution in [-0.2, 0) is 11.2 Å². The normalized spacial score (nSPS) is 15.8. The van der Waals surface area contributed by atoms with Crippen LogP contribution in [0.4, 0.5) is 0 Å². The maximum absolute atomic E-state index is 11.2. The van der Waals surface area contributed by atoms with E-state index < -0.39 is 5.97 Å². The molecule has 1 aromatic rings. The van der Waals surface area contributed by atoms with Gasteiger partial charge in [-0.25, -0.2) is 0 Å². The number of hydrogen-bond acceptors (Lipinski definition) is 3. The van der Waals surface area contributed by atoms with Gasteiger partial charge in [0.2, 0.25) is 0 Å². The molecular weight excluding hydrogens is 256 g/mol. The van der Waals surface area contributed by atoms with Crippen LogP contribution in [0, 0.1) is 5.92 Å². The first-order valence-corrected chi connectivity index (χ1v) is 7.07. The van der Waals surface area contributed by atoms with Crippen LogP contribution in [0.15, 0.2) is 12.1 Å². The summed E-state index contributed by atoms with van der Waals surface area (Å²) < 4.78 is 10.8. The molecule has 0 saturated heterocycles. The summed E-state index contributed by atoms with van der Waals surface area (Å²) in [7, 11) is 3.26. The molecule has 2 rings (SSSR count). The summed E-state index contributed by atoms with van der Waals surface area (Å²) in [5, 5.41) is 9.18. The van der Waals surface area contributed by atoms with Crippen molar-refractivity contribution in [3.05, 3.63) is 23.3 Å². The van der Waals surface area contributed by atoms with Gasteiger partial charge in [-0.2, -0.15) is 0 Å². The molecule has 20 heavy (non-hydrogen) atoms. The quantitative estimate of drug-likeness (QED) is 0.832. The predicted molar refractivity (Wildman–Crippen MR) is 76.6 cm³/mol. The Balaban J connectivity index is 2.47. The lowest BCUT2D eigenvalue weighted by atomic mass is 9.86. The first-order valence-electron chi connectivity index (χ1n) is 7.07. The van der Waals surface area contributed by atoms with Crippen LogP contribution in [0.2, 0.25) is 0 Å². The summed E-state index contributed by atoms with van der Waals surface area (Å²) in [6, 6.07) is 3.85. The fourth-order valence-corrected chi connectivity index (χ4v) is 2.87. The van der Waals surface area contributed by atoms with Gasteiger partial charge < -0.3 is 14.6 Å². The standard InChI is InChI=1S/C16H22O4/c1-4-12-14(7-11(19-2)8-15(12)20-3)13(9-16(17)18)10-5-6-10/h7-8,10,13H,4-6,9H2,1-3H3,(H,17,18). The lowest BCUT2D eigenvalue weighted by Crippen LogP contribution is -2.11. The minimum absolute atomic E-state index is 0.0615. The Morgan fingerprint density at radius 1 is 1.35 bits per heavy atom. The molecule has 0 aliphatic heterocycles. The van der Waals surface area contributed by atoms with Gasteiger partial charge in [0, 0.05) is 6.07 Å². The number of ether oxygens (including phenoxy) is 2. The zero-order valence-electron chi connectivity index (χ0n) is 12.3. The summed E-state index contributed by atoms with van der Waals surface area (Å²) in [5.41, 5.74) is 2.18. The number of rotatable bonds is 7. The summed E-state index contributed by atoms with van der Waals surface area (Å²) >= 11 is 0. The Kier molecular flexibility index (Phi) is 4.53. The van der Waals surface area contributed by atoms with Crippen molar-refractivity contribution in [2.45, 2.75) is 38.5 Å². The third-order valence-corrected chi connectivity index (χ3v) is 4.01. The molecule has 1 saturated carbocycles. The molecule has 1 N–H and O–H groups in total. The molecule has 1 aromatic carbocycles. The lowest BCUT2D eigenvalue weighted by Gasteiger charge is -2.21. The molecule has 1 fully saturated rings. The molecule has 0 heterocycles. The first-order chi connectivity index (χ1) is 9.60. The maximum Gasteiger partial charge on any atom is 0.303 e. The Bertz CT molecular complexity index is 491. The number of aliphatic carboxylic acids is 1. The highest BCUT2D eigenvalue weighted by atomic mass is 16.5. The van der Waals surface area contributed by atoms with E-state index in [-0.39, 0.29) is 12.3 Å². The van der Waals surface area contributed by atoms with Gasteiger partial charge in [-0.1, -0.05) is 6.92 Å². The topological polar surface area (TPSA) is 55.8 Å². The van der Waals surface area contributed by atoms with E-state index in [9.17, 15) is 9.90 Å². The van der Waals surface area contributed by atoms with Crippen molar-refractivity contribution in [2.75, 3.05) is 14.2 Å². The molecule has 4 heteroatoms. The third-order valence-electron chi connectivity index (χ3n) is 4.01. The number of benzene rings is 1. The second kappa shape index (κ2) is 6.16. The molecule has 1 unspecified atom stereocenters. The van der Waals surface area contributed by atoms with E-state index in [1.807, 2.05) is 12.1 Å². The predicted octanol–water partition coefficient (Wildman–Crippen LogP) is 3.23. The van der Waals surface area contributed by atoms with E-state index in [2.05, 4.69) is 6.92 Å². The molecule has 0 radical (unpaired) electrons. The molecule has 1 aliphatic rings. The van der Waals surface area contributed by atoms with Gasteiger partial charge in [-0.3, -0.25) is 4.79 Å². The van der Waals surface area contributed by atoms with Crippen molar-refractivity contribution in [1.29, 1.82) is 0 Å². The summed E-state index contributed by atoms with van der Waals surface area (Å²) in [6.07, 6.45) is 3.22. The Labute approximate surface area is 119 Å². The fraction of sp³-hybridized carbons (Fsp3) is 0.562. The third kappa shape index (κ3) is 3.06. The van der Waals surface area contributed by atoms with Crippen molar-refractivity contribution < 1.29 is 19.4 Å². The number of methoxy groups -OCH3 is 2. The van der Waals surface area contributed by atoms with Crippen LogP contribution in [-0.4, -0.2) is 25.3 Å². The first kappa shape index (κ1) is 14.7. The SMILES string of the molecule is CCc1c(OC)cc(OC)cc1C(CC(=O)O)C1CC1. The van der Waals surface area contributed by atoms with Gasteiger partial charge in [0.25, 0.3) is 0 Å². The highest BCUT2D eigenvalue weighted by Crippen LogP contribution is 2.47. The molecule has 0 spiro atoms. The van der Waals surface area contributed by atoms with Gasteiger partial charge in [-0.05, 0) is 48.3 Å². The average molecular weight is 278 g/mol. The molecular formula is C16H22O4. The molecule has 1 aliphatic carbocycles. The van der Waals surface area contributed by atoms with Crippen LogP contribution < -0.4 is 9.47 Å². The van der Waals surface area contributed by atoms with Crippen LogP contribution in [0.25, 0.3) is 0 Å². The van der Waals surface area contributed by atoms with Crippen LogP contribution in [0.3, 0.4) is 0 Å². The number of carboxylic acids is 1. The molecule has 1 atom stereocenters. The van der Waals surface area contributed by atoms with Crippen LogP contribution >= 0.6 is 0 Å². The van der Waals surface area contributed by atoms with Gasteiger partial charge in [0.1, 0.15) is 11.5 Å². The van der Waals surface area contributed by atoms with Gasteiger partial charge in [0.05, 0.1) is 20.6 Å².